The van der Waals surface area contributed by atoms with Crippen molar-refractivity contribution in [3.05, 3.63) is 53.1 Å². The highest BCUT2D eigenvalue weighted by Crippen LogP contribution is 2.42. The summed E-state index contributed by atoms with van der Waals surface area (Å²) in [5.74, 6) is 1.65. The molecule has 2 aromatic heterocycles. The number of anilines is 1. The number of aromatic nitrogens is 2. The number of halogens is 1. The summed E-state index contributed by atoms with van der Waals surface area (Å²) in [6, 6.07) is 6.49. The number of primary amides is 1. The van der Waals surface area contributed by atoms with Crippen LogP contribution in [0.1, 0.15) is 78.4 Å². The second-order valence-electron chi connectivity index (χ2n) is 11.4. The van der Waals surface area contributed by atoms with Gasteiger partial charge in [-0.3, -0.25) is 4.79 Å². The standard InChI is InChI=1S/C30H38FN5O3/c31-23-5-6-24-26(19-23)39-34-28(24)22-9-13-35(14-10-22)12-8-20-1-3-21(4-2-20)27-25(29(32)37)7-11-33-30(27)36-15-17-38-18-16-36/h5-7,11,19-22H,1-4,8-10,12-18H2,(H2,32,37). The highest BCUT2D eigenvalue weighted by molar-refractivity contribution is 5.95. The van der Waals surface area contributed by atoms with Crippen LogP contribution in [0.2, 0.25) is 0 Å². The van der Waals surface area contributed by atoms with E-state index in [4.69, 9.17) is 20.0 Å². The first-order chi connectivity index (χ1) is 19.1. The predicted molar refractivity (Wildman–Crippen MR) is 147 cm³/mol. The number of likely N-dealkylation sites (tertiary alicyclic amines) is 1. The molecule has 1 amide bonds. The molecule has 0 radical (unpaired) electrons. The van der Waals surface area contributed by atoms with Gasteiger partial charge in [0.15, 0.2) is 5.58 Å². The van der Waals surface area contributed by atoms with Crippen LogP contribution in [0.15, 0.2) is 35.0 Å². The molecule has 3 aromatic rings. The van der Waals surface area contributed by atoms with Crippen LogP contribution >= 0.6 is 0 Å². The van der Waals surface area contributed by atoms with Gasteiger partial charge in [-0.05, 0) is 94.6 Å². The fraction of sp³-hybridized carbons (Fsp3) is 0.567. The van der Waals surface area contributed by atoms with Gasteiger partial charge in [0.1, 0.15) is 11.6 Å². The normalized spacial score (nSPS) is 23.4. The Morgan fingerprint density at radius 2 is 1.77 bits per heavy atom. The number of hydrogen-bond donors (Lipinski definition) is 1. The molecule has 3 fully saturated rings. The monoisotopic (exact) mass is 535 g/mol. The molecule has 0 atom stereocenters. The maximum Gasteiger partial charge on any atom is 0.249 e. The van der Waals surface area contributed by atoms with Gasteiger partial charge in [0.2, 0.25) is 5.91 Å². The van der Waals surface area contributed by atoms with Crippen molar-refractivity contribution in [2.45, 2.75) is 56.8 Å². The van der Waals surface area contributed by atoms with Gasteiger partial charge in [-0.2, -0.15) is 0 Å². The number of ether oxygens (including phenoxy) is 1. The van der Waals surface area contributed by atoms with Crippen LogP contribution in [-0.2, 0) is 4.74 Å². The molecule has 2 N–H and O–H groups in total. The molecule has 0 unspecified atom stereocenters. The zero-order valence-electron chi connectivity index (χ0n) is 22.5. The Hall–Kier alpha value is -3.04. The van der Waals surface area contributed by atoms with E-state index in [0.29, 0.717) is 42.1 Å². The third kappa shape index (κ3) is 5.65. The minimum atomic E-state index is -0.363. The maximum atomic E-state index is 13.5. The minimum absolute atomic E-state index is 0.291. The lowest BCUT2D eigenvalue weighted by atomic mass is 9.76. The molecular formula is C30H38FN5O3. The Morgan fingerprint density at radius 3 is 2.51 bits per heavy atom. The topological polar surface area (TPSA) is 97.7 Å². The van der Waals surface area contributed by atoms with Gasteiger partial charge in [-0.15, -0.1) is 0 Å². The van der Waals surface area contributed by atoms with Crippen LogP contribution in [0.25, 0.3) is 11.0 Å². The molecule has 4 heterocycles. The second kappa shape index (κ2) is 11.6. The first kappa shape index (κ1) is 26.2. The Kier molecular flexibility index (Phi) is 7.79. The Balaban J connectivity index is 1.02. The van der Waals surface area contributed by atoms with Crippen molar-refractivity contribution in [2.75, 3.05) is 50.8 Å². The molecule has 208 valence electrons. The summed E-state index contributed by atoms with van der Waals surface area (Å²) in [7, 11) is 0. The number of benzene rings is 1. The molecule has 1 aromatic carbocycles. The molecule has 1 saturated carbocycles. The first-order valence-electron chi connectivity index (χ1n) is 14.5. The van der Waals surface area contributed by atoms with E-state index in [9.17, 15) is 9.18 Å². The van der Waals surface area contributed by atoms with E-state index in [-0.39, 0.29) is 11.7 Å². The average molecular weight is 536 g/mol. The lowest BCUT2D eigenvalue weighted by Crippen LogP contribution is -2.38. The van der Waals surface area contributed by atoms with Crippen molar-refractivity contribution in [1.82, 2.24) is 15.0 Å². The molecule has 8 nitrogen and oxygen atoms in total. The van der Waals surface area contributed by atoms with E-state index in [1.54, 1.807) is 18.3 Å². The zero-order chi connectivity index (χ0) is 26.8. The number of morpholine rings is 1. The number of pyridine rings is 1. The molecule has 2 aliphatic heterocycles. The van der Waals surface area contributed by atoms with Gasteiger partial charge in [0.25, 0.3) is 0 Å². The number of amides is 1. The Labute approximate surface area is 228 Å². The third-order valence-electron chi connectivity index (χ3n) is 9.09. The smallest absolute Gasteiger partial charge is 0.249 e. The van der Waals surface area contributed by atoms with Gasteiger partial charge in [-0.1, -0.05) is 5.16 Å². The van der Waals surface area contributed by atoms with Gasteiger partial charge >= 0.3 is 0 Å². The van der Waals surface area contributed by atoms with Crippen LogP contribution in [0.4, 0.5) is 10.2 Å². The van der Waals surface area contributed by atoms with Crippen molar-refractivity contribution in [3.8, 4) is 0 Å². The van der Waals surface area contributed by atoms with Crippen LogP contribution in [0, 0.1) is 11.7 Å². The number of carbonyl (C=O) groups excluding carboxylic acids is 1. The van der Waals surface area contributed by atoms with Crippen LogP contribution < -0.4 is 10.6 Å². The summed E-state index contributed by atoms with van der Waals surface area (Å²) >= 11 is 0. The molecule has 6 rings (SSSR count). The lowest BCUT2D eigenvalue weighted by Gasteiger charge is -2.36. The fourth-order valence-corrected chi connectivity index (χ4v) is 6.87. The number of nitrogens with two attached hydrogens (primary N) is 1. The summed E-state index contributed by atoms with van der Waals surface area (Å²) in [4.78, 5) is 21.9. The molecule has 0 bridgehead atoms. The van der Waals surface area contributed by atoms with Crippen LogP contribution in [0.5, 0.6) is 0 Å². The summed E-state index contributed by atoms with van der Waals surface area (Å²) in [6.45, 7) is 6.17. The Bertz CT molecular complexity index is 1290. The fourth-order valence-electron chi connectivity index (χ4n) is 6.87. The van der Waals surface area contributed by atoms with Gasteiger partial charge < -0.3 is 24.8 Å². The highest BCUT2D eigenvalue weighted by atomic mass is 19.1. The van der Waals surface area contributed by atoms with E-state index in [1.807, 2.05) is 0 Å². The largest absolute Gasteiger partial charge is 0.378 e. The van der Waals surface area contributed by atoms with E-state index in [1.165, 1.54) is 18.6 Å². The lowest BCUT2D eigenvalue weighted by molar-refractivity contribution is 0.0998. The Morgan fingerprint density at radius 1 is 1.00 bits per heavy atom. The number of nitrogens with zero attached hydrogens (tertiary/aromatic N) is 4. The summed E-state index contributed by atoms with van der Waals surface area (Å²) in [5.41, 5.74) is 9.00. The van der Waals surface area contributed by atoms with Gasteiger partial charge in [0.05, 0.1) is 18.9 Å². The van der Waals surface area contributed by atoms with Crippen LogP contribution in [0.3, 0.4) is 0 Å². The number of piperidine rings is 1. The zero-order valence-corrected chi connectivity index (χ0v) is 22.5. The van der Waals surface area contributed by atoms with E-state index in [2.05, 4.69) is 15.0 Å². The molecule has 9 heteroatoms. The summed E-state index contributed by atoms with van der Waals surface area (Å²) in [6.07, 6.45) is 9.48. The van der Waals surface area contributed by atoms with Crippen molar-refractivity contribution < 1.29 is 18.4 Å². The second-order valence-corrected chi connectivity index (χ2v) is 11.4. The SMILES string of the molecule is NC(=O)c1ccnc(N2CCOCC2)c1C1CCC(CCN2CCC(c3noc4cc(F)ccc34)CC2)CC1. The molecule has 0 spiro atoms. The maximum absolute atomic E-state index is 13.5. The molecular weight excluding hydrogens is 497 g/mol. The minimum Gasteiger partial charge on any atom is -0.378 e. The third-order valence-corrected chi connectivity index (χ3v) is 9.09. The molecule has 3 aliphatic rings. The van der Waals surface area contributed by atoms with E-state index in [0.717, 1.165) is 93.7 Å². The average Bonchev–Trinajstić information content (AvgIpc) is 3.39. The van der Waals surface area contributed by atoms with Crippen LogP contribution in [-0.4, -0.2) is 66.9 Å². The van der Waals surface area contributed by atoms with Crippen molar-refractivity contribution in [1.29, 1.82) is 0 Å². The van der Waals surface area contributed by atoms with E-state index < -0.39 is 0 Å². The van der Waals surface area contributed by atoms with Crippen molar-refractivity contribution in [3.63, 3.8) is 0 Å². The number of rotatable bonds is 7. The van der Waals surface area contributed by atoms with Crippen molar-refractivity contribution in [2.24, 2.45) is 11.7 Å². The first-order valence-corrected chi connectivity index (χ1v) is 14.5. The molecule has 1 aliphatic carbocycles. The summed E-state index contributed by atoms with van der Waals surface area (Å²) < 4.78 is 24.4. The molecule has 39 heavy (non-hydrogen) atoms. The number of fused-ring (bicyclic) bond motifs is 1. The van der Waals surface area contributed by atoms with Gasteiger partial charge in [0, 0.05) is 47.8 Å². The number of hydrogen-bond acceptors (Lipinski definition) is 7. The summed E-state index contributed by atoms with van der Waals surface area (Å²) in [5, 5.41) is 5.23. The van der Waals surface area contributed by atoms with Crippen molar-refractivity contribution >= 4 is 22.7 Å². The number of carbonyl (C=O) groups is 1. The highest BCUT2D eigenvalue weighted by Gasteiger charge is 2.31. The van der Waals surface area contributed by atoms with Gasteiger partial charge in [-0.25, -0.2) is 9.37 Å². The predicted octanol–water partition coefficient (Wildman–Crippen LogP) is 4.84. The quantitative estimate of drug-likeness (QED) is 0.462. The molecule has 2 saturated heterocycles. The van der Waals surface area contributed by atoms with E-state index >= 15 is 0 Å².